The number of para-hydroxylation sites is 3. The number of nitrogens with zero attached hydrogens (tertiary/aromatic N) is 4. The average Bonchev–Trinajstić information content (AvgIpc) is 3.77. The quantitative estimate of drug-likeness (QED) is 0.176. The van der Waals surface area contributed by atoms with E-state index in [4.69, 9.17) is 19.4 Å². The van der Waals surface area contributed by atoms with Gasteiger partial charge in [0.1, 0.15) is 11.2 Å². The smallest absolute Gasteiger partial charge is 0.164 e. The Morgan fingerprint density at radius 1 is 0.404 bits per heavy atom. The Kier molecular flexibility index (Phi) is 6.18. The van der Waals surface area contributed by atoms with E-state index in [0.717, 1.165) is 71.5 Å². The number of fused-ring (bicyclic) bond motifs is 10. The highest BCUT2D eigenvalue weighted by Crippen LogP contribution is 2.43. The molecule has 3 aromatic heterocycles. The largest absolute Gasteiger partial charge is 0.455 e. The zero-order valence-corrected chi connectivity index (χ0v) is 27.9. The molecule has 8 aromatic carbocycles. The fourth-order valence-corrected chi connectivity index (χ4v) is 7.86. The highest BCUT2D eigenvalue weighted by Gasteiger charge is 2.22. The molecule has 242 valence electrons. The van der Waals surface area contributed by atoms with Crippen LogP contribution >= 0.6 is 0 Å². The molecule has 0 atom stereocenters. The standard InChI is InChI=1S/C47H28N4O/c1-3-14-30(15-4-1)45-48-46(32-25-26-36-35-19-9-11-21-39(35)51(40(36)28-32)33-16-5-2-6-17-33)50-47(49-45)38-27-31-24-23-29-13-7-8-18-34(29)42(31)44-43(38)37-20-10-12-22-41(37)52-44/h1-28H. The van der Waals surface area contributed by atoms with Gasteiger partial charge in [-0.05, 0) is 52.6 Å². The molecule has 0 unspecified atom stereocenters. The van der Waals surface area contributed by atoms with Crippen molar-refractivity contribution >= 4 is 65.3 Å². The van der Waals surface area contributed by atoms with Crippen molar-refractivity contribution in [3.8, 4) is 39.9 Å². The van der Waals surface area contributed by atoms with Gasteiger partial charge < -0.3 is 8.98 Å². The van der Waals surface area contributed by atoms with Crippen LogP contribution in [-0.4, -0.2) is 19.5 Å². The maximum absolute atomic E-state index is 6.72. The van der Waals surface area contributed by atoms with E-state index in [-0.39, 0.29) is 0 Å². The number of hydrogen-bond donors (Lipinski definition) is 0. The lowest BCUT2D eigenvalue weighted by Gasteiger charge is -2.12. The summed E-state index contributed by atoms with van der Waals surface area (Å²) in [6.07, 6.45) is 0. The van der Waals surface area contributed by atoms with Crippen LogP contribution in [0.15, 0.2) is 174 Å². The number of hydrogen-bond acceptors (Lipinski definition) is 4. The molecule has 0 aliphatic heterocycles. The number of aromatic nitrogens is 4. The summed E-state index contributed by atoms with van der Waals surface area (Å²) in [6.45, 7) is 0. The molecule has 52 heavy (non-hydrogen) atoms. The third-order valence-electron chi connectivity index (χ3n) is 10.2. The molecule has 0 radical (unpaired) electrons. The van der Waals surface area contributed by atoms with Crippen LogP contribution in [0.2, 0.25) is 0 Å². The molecule has 0 aliphatic rings. The molecule has 5 heteroatoms. The number of furan rings is 1. The summed E-state index contributed by atoms with van der Waals surface area (Å²) in [5.41, 5.74) is 7.75. The molecular formula is C47H28N4O. The van der Waals surface area contributed by atoms with Crippen LogP contribution in [-0.2, 0) is 0 Å². The third-order valence-corrected chi connectivity index (χ3v) is 10.2. The van der Waals surface area contributed by atoms with Crippen molar-refractivity contribution in [1.29, 1.82) is 0 Å². The van der Waals surface area contributed by atoms with Crippen molar-refractivity contribution < 1.29 is 4.42 Å². The first kappa shape index (κ1) is 28.7. The predicted molar refractivity (Wildman–Crippen MR) is 213 cm³/mol. The topological polar surface area (TPSA) is 56.7 Å². The molecule has 0 saturated carbocycles. The second-order valence-corrected chi connectivity index (χ2v) is 13.2. The van der Waals surface area contributed by atoms with Gasteiger partial charge in [-0.2, -0.15) is 0 Å². The van der Waals surface area contributed by atoms with E-state index >= 15 is 0 Å². The zero-order chi connectivity index (χ0) is 34.2. The summed E-state index contributed by atoms with van der Waals surface area (Å²) >= 11 is 0. The molecule has 0 bridgehead atoms. The highest BCUT2D eigenvalue weighted by molar-refractivity contribution is 6.26. The van der Waals surface area contributed by atoms with Gasteiger partial charge in [0.05, 0.1) is 11.0 Å². The van der Waals surface area contributed by atoms with Crippen LogP contribution in [0, 0.1) is 0 Å². The molecule has 11 aromatic rings. The lowest BCUT2D eigenvalue weighted by Crippen LogP contribution is -2.01. The van der Waals surface area contributed by atoms with E-state index in [1.807, 2.05) is 30.3 Å². The second-order valence-electron chi connectivity index (χ2n) is 13.2. The van der Waals surface area contributed by atoms with Gasteiger partial charge in [-0.15, -0.1) is 0 Å². The van der Waals surface area contributed by atoms with Crippen LogP contribution in [0.3, 0.4) is 0 Å². The van der Waals surface area contributed by atoms with E-state index in [1.54, 1.807) is 0 Å². The molecule has 0 spiro atoms. The van der Waals surface area contributed by atoms with E-state index < -0.39 is 0 Å². The van der Waals surface area contributed by atoms with Crippen molar-refractivity contribution in [3.05, 3.63) is 170 Å². The first-order valence-electron chi connectivity index (χ1n) is 17.5. The fourth-order valence-electron chi connectivity index (χ4n) is 7.86. The normalized spacial score (nSPS) is 11.8. The Morgan fingerprint density at radius 3 is 1.88 bits per heavy atom. The molecule has 0 saturated heterocycles. The van der Waals surface area contributed by atoms with Crippen molar-refractivity contribution in [2.75, 3.05) is 0 Å². The molecule has 5 nitrogen and oxygen atoms in total. The first-order valence-corrected chi connectivity index (χ1v) is 17.5. The Hall–Kier alpha value is -7.11. The van der Waals surface area contributed by atoms with Crippen LogP contribution in [0.5, 0.6) is 0 Å². The highest BCUT2D eigenvalue weighted by atomic mass is 16.3. The summed E-state index contributed by atoms with van der Waals surface area (Å²) in [4.78, 5) is 15.6. The maximum atomic E-state index is 6.72. The Balaban J connectivity index is 1.22. The van der Waals surface area contributed by atoms with E-state index in [1.165, 1.54) is 16.2 Å². The van der Waals surface area contributed by atoms with Crippen molar-refractivity contribution in [2.45, 2.75) is 0 Å². The number of rotatable bonds is 4. The third kappa shape index (κ3) is 4.33. The Morgan fingerprint density at radius 2 is 1.04 bits per heavy atom. The van der Waals surface area contributed by atoms with Crippen LogP contribution in [0.25, 0.3) is 105 Å². The van der Waals surface area contributed by atoms with Gasteiger partial charge in [0.25, 0.3) is 0 Å². The van der Waals surface area contributed by atoms with Crippen LogP contribution < -0.4 is 0 Å². The predicted octanol–water partition coefficient (Wildman–Crippen LogP) is 12.2. The Labute approximate surface area is 298 Å². The van der Waals surface area contributed by atoms with Gasteiger partial charge in [-0.3, -0.25) is 0 Å². The average molecular weight is 665 g/mol. The minimum atomic E-state index is 0.596. The van der Waals surface area contributed by atoms with Gasteiger partial charge in [-0.1, -0.05) is 133 Å². The van der Waals surface area contributed by atoms with Crippen molar-refractivity contribution in [1.82, 2.24) is 19.5 Å². The minimum Gasteiger partial charge on any atom is -0.455 e. The molecule has 0 fully saturated rings. The molecule has 0 aliphatic carbocycles. The first-order chi connectivity index (χ1) is 25.8. The zero-order valence-electron chi connectivity index (χ0n) is 27.9. The minimum absolute atomic E-state index is 0.596. The SMILES string of the molecule is c1ccc(-c2nc(-c3ccc4c5ccccc5n(-c5ccccc5)c4c3)nc(-c3cc4ccc5ccccc5c4c4oc5ccccc5c34)n2)cc1. The summed E-state index contributed by atoms with van der Waals surface area (Å²) < 4.78 is 9.05. The van der Waals surface area contributed by atoms with Gasteiger partial charge in [0, 0.05) is 49.3 Å². The summed E-state index contributed by atoms with van der Waals surface area (Å²) in [7, 11) is 0. The molecular weight excluding hydrogens is 637 g/mol. The van der Waals surface area contributed by atoms with E-state index in [9.17, 15) is 0 Å². The van der Waals surface area contributed by atoms with E-state index in [0.29, 0.717) is 17.5 Å². The summed E-state index contributed by atoms with van der Waals surface area (Å²) in [5, 5.41) is 8.87. The lowest BCUT2D eigenvalue weighted by atomic mass is 9.95. The maximum Gasteiger partial charge on any atom is 0.164 e. The van der Waals surface area contributed by atoms with Gasteiger partial charge in [0.15, 0.2) is 17.5 Å². The van der Waals surface area contributed by atoms with Gasteiger partial charge in [0.2, 0.25) is 0 Å². The monoisotopic (exact) mass is 664 g/mol. The fraction of sp³-hybridized carbons (Fsp3) is 0. The van der Waals surface area contributed by atoms with Crippen molar-refractivity contribution in [3.63, 3.8) is 0 Å². The van der Waals surface area contributed by atoms with Crippen LogP contribution in [0.4, 0.5) is 0 Å². The second kappa shape index (κ2) is 11.2. The summed E-state index contributed by atoms with van der Waals surface area (Å²) in [5.74, 6) is 1.82. The molecule has 3 heterocycles. The Bertz CT molecular complexity index is 3180. The van der Waals surface area contributed by atoms with E-state index in [2.05, 4.69) is 144 Å². The van der Waals surface area contributed by atoms with Gasteiger partial charge >= 0.3 is 0 Å². The molecule has 11 rings (SSSR count). The molecule has 0 amide bonds. The molecule has 0 N–H and O–H groups in total. The van der Waals surface area contributed by atoms with Gasteiger partial charge in [-0.25, -0.2) is 15.0 Å². The number of benzene rings is 8. The summed E-state index contributed by atoms with van der Waals surface area (Å²) in [6, 6.07) is 59.0. The van der Waals surface area contributed by atoms with Crippen LogP contribution in [0.1, 0.15) is 0 Å². The van der Waals surface area contributed by atoms with Crippen molar-refractivity contribution in [2.24, 2.45) is 0 Å². The lowest BCUT2D eigenvalue weighted by molar-refractivity contribution is 0.673.